The summed E-state index contributed by atoms with van der Waals surface area (Å²) in [4.78, 5) is 32.9. The quantitative estimate of drug-likeness (QED) is 0.915. The lowest BCUT2D eigenvalue weighted by atomic mass is 10.1. The van der Waals surface area contributed by atoms with Gasteiger partial charge in [-0.1, -0.05) is 25.4 Å². The molecule has 1 fully saturated rings. The third-order valence-electron chi connectivity index (χ3n) is 2.96. The summed E-state index contributed by atoms with van der Waals surface area (Å²) in [7, 11) is 0. The van der Waals surface area contributed by atoms with Crippen molar-refractivity contribution >= 4 is 35.2 Å². The monoisotopic (exact) mass is 315 g/mol. The van der Waals surface area contributed by atoms with E-state index < -0.39 is 17.9 Å². The van der Waals surface area contributed by atoms with E-state index in [1.807, 2.05) is 13.8 Å². The molecule has 1 N–H and O–H groups in total. The number of hydrogen-bond acceptors (Lipinski definition) is 5. The molecule has 6 nitrogen and oxygen atoms in total. The number of carbonyl (C=O) groups is 2. The molecule has 0 saturated carbocycles. The number of halogens is 1. The molecule has 108 valence electrons. The van der Waals surface area contributed by atoms with Crippen LogP contribution in [0.15, 0.2) is 12.4 Å². The minimum absolute atomic E-state index is 0.105. The van der Waals surface area contributed by atoms with Crippen LogP contribution in [-0.4, -0.2) is 49.0 Å². The van der Waals surface area contributed by atoms with E-state index in [-0.39, 0.29) is 22.1 Å². The number of aliphatic carboxylic acids is 1. The molecule has 1 aliphatic rings. The van der Waals surface area contributed by atoms with Crippen molar-refractivity contribution in [2.45, 2.75) is 25.3 Å². The highest BCUT2D eigenvalue weighted by Crippen LogP contribution is 2.35. The number of rotatable bonds is 3. The molecule has 2 unspecified atom stereocenters. The van der Waals surface area contributed by atoms with Crippen LogP contribution in [0.3, 0.4) is 0 Å². The maximum Gasteiger partial charge on any atom is 0.327 e. The van der Waals surface area contributed by atoms with Crippen LogP contribution in [-0.2, 0) is 4.79 Å². The van der Waals surface area contributed by atoms with E-state index in [0.29, 0.717) is 5.75 Å². The average Bonchev–Trinajstić information content (AvgIpc) is 2.83. The minimum Gasteiger partial charge on any atom is -0.480 e. The summed E-state index contributed by atoms with van der Waals surface area (Å²) in [6.45, 7) is 3.91. The van der Waals surface area contributed by atoms with Crippen molar-refractivity contribution in [1.29, 1.82) is 0 Å². The van der Waals surface area contributed by atoms with Gasteiger partial charge in [0.2, 0.25) is 0 Å². The van der Waals surface area contributed by atoms with Gasteiger partial charge >= 0.3 is 5.97 Å². The average molecular weight is 316 g/mol. The number of hydrogen-bond donors (Lipinski definition) is 1. The van der Waals surface area contributed by atoms with Gasteiger partial charge < -0.3 is 10.0 Å². The summed E-state index contributed by atoms with van der Waals surface area (Å²) in [5, 5.41) is 9.27. The first kappa shape index (κ1) is 15.1. The van der Waals surface area contributed by atoms with Crippen molar-refractivity contribution in [3.8, 4) is 0 Å². The van der Waals surface area contributed by atoms with E-state index in [1.165, 1.54) is 29.1 Å². The smallest absolute Gasteiger partial charge is 0.327 e. The van der Waals surface area contributed by atoms with E-state index >= 15 is 0 Å². The zero-order valence-electron chi connectivity index (χ0n) is 11.0. The molecule has 0 spiro atoms. The van der Waals surface area contributed by atoms with Crippen LogP contribution in [0.1, 0.15) is 24.3 Å². The first-order valence-electron chi connectivity index (χ1n) is 6.06. The fraction of sp³-hybridized carbons (Fsp3) is 0.500. The molecular formula is C12H14ClN3O3S. The molecule has 2 atom stereocenters. The first-order valence-corrected chi connectivity index (χ1v) is 7.49. The number of aromatic nitrogens is 2. The Balaban J connectivity index is 2.31. The van der Waals surface area contributed by atoms with Crippen molar-refractivity contribution in [2.24, 2.45) is 5.92 Å². The van der Waals surface area contributed by atoms with E-state index in [4.69, 9.17) is 11.6 Å². The normalized spacial score (nSPS) is 22.3. The Hall–Kier alpha value is -1.34. The lowest BCUT2D eigenvalue weighted by molar-refractivity contribution is -0.141. The molecule has 1 amide bonds. The van der Waals surface area contributed by atoms with E-state index in [9.17, 15) is 14.7 Å². The molecule has 1 saturated heterocycles. The summed E-state index contributed by atoms with van der Waals surface area (Å²) in [5.74, 6) is -0.903. The molecule has 20 heavy (non-hydrogen) atoms. The van der Waals surface area contributed by atoms with Crippen molar-refractivity contribution in [2.75, 3.05) is 5.75 Å². The van der Waals surface area contributed by atoms with Crippen LogP contribution in [0, 0.1) is 5.92 Å². The highest BCUT2D eigenvalue weighted by molar-refractivity contribution is 8.00. The Bertz CT molecular complexity index is 523. The molecule has 2 heterocycles. The molecule has 1 aromatic heterocycles. The van der Waals surface area contributed by atoms with E-state index in [0.717, 1.165) is 0 Å². The largest absolute Gasteiger partial charge is 0.480 e. The highest BCUT2D eigenvalue weighted by Gasteiger charge is 2.43. The number of carboxylic acids is 1. The number of amides is 1. The second-order valence-electron chi connectivity index (χ2n) is 4.76. The molecule has 2 rings (SSSR count). The van der Waals surface area contributed by atoms with Gasteiger partial charge in [0.15, 0.2) is 0 Å². The molecule has 1 aromatic rings. The van der Waals surface area contributed by atoms with Crippen molar-refractivity contribution in [1.82, 2.24) is 14.9 Å². The summed E-state index contributed by atoms with van der Waals surface area (Å²) < 4.78 is 0. The second-order valence-corrected chi connectivity index (χ2v) is 6.30. The predicted molar refractivity (Wildman–Crippen MR) is 75.7 cm³/mol. The molecule has 0 aromatic carbocycles. The second kappa shape index (κ2) is 5.97. The van der Waals surface area contributed by atoms with E-state index in [2.05, 4.69) is 9.97 Å². The first-order chi connectivity index (χ1) is 9.41. The zero-order chi connectivity index (χ0) is 14.9. The Morgan fingerprint density at radius 2 is 2.15 bits per heavy atom. The molecule has 0 bridgehead atoms. The van der Waals surface area contributed by atoms with Gasteiger partial charge in [-0.05, 0) is 5.92 Å². The fourth-order valence-electron chi connectivity index (χ4n) is 2.04. The Labute approximate surface area is 125 Å². The molecule has 0 aliphatic carbocycles. The van der Waals surface area contributed by atoms with Crippen molar-refractivity contribution in [3.63, 3.8) is 0 Å². The zero-order valence-corrected chi connectivity index (χ0v) is 12.6. The molecule has 1 aliphatic heterocycles. The van der Waals surface area contributed by atoms with Gasteiger partial charge in [0.1, 0.15) is 16.9 Å². The highest BCUT2D eigenvalue weighted by atomic mass is 35.5. The minimum atomic E-state index is -1.00. The van der Waals surface area contributed by atoms with Gasteiger partial charge in [0.05, 0.1) is 17.8 Å². The number of carbonyl (C=O) groups excluding carboxylic acids is 1. The summed E-state index contributed by atoms with van der Waals surface area (Å²) in [6.07, 6.45) is 2.54. The number of thioether (sulfide) groups is 1. The van der Waals surface area contributed by atoms with Crippen LogP contribution in [0.5, 0.6) is 0 Å². The lowest BCUT2D eigenvalue weighted by Gasteiger charge is -2.29. The maximum atomic E-state index is 12.5. The predicted octanol–water partition coefficient (Wildman–Crippen LogP) is 1.75. The summed E-state index contributed by atoms with van der Waals surface area (Å²) in [5.41, 5.74) is 0.105. The van der Waals surface area contributed by atoms with Gasteiger partial charge in [-0.2, -0.15) is 0 Å². The van der Waals surface area contributed by atoms with Crippen LogP contribution < -0.4 is 0 Å². The van der Waals surface area contributed by atoms with Crippen LogP contribution in [0.4, 0.5) is 0 Å². The van der Waals surface area contributed by atoms with Gasteiger partial charge in [0.25, 0.3) is 5.91 Å². The van der Waals surface area contributed by atoms with Crippen molar-refractivity contribution in [3.05, 3.63) is 23.2 Å². The SMILES string of the molecule is CC(C)C1SCC(C(=O)O)N1C(=O)c1cnc(Cl)cn1. The maximum absolute atomic E-state index is 12.5. The molecular weight excluding hydrogens is 302 g/mol. The van der Waals surface area contributed by atoms with Gasteiger partial charge in [0, 0.05) is 5.75 Å². The summed E-state index contributed by atoms with van der Waals surface area (Å²) >= 11 is 7.11. The Morgan fingerprint density at radius 1 is 1.45 bits per heavy atom. The van der Waals surface area contributed by atoms with Crippen LogP contribution >= 0.6 is 23.4 Å². The number of carboxylic acid groups (broad SMARTS) is 1. The standard InChI is InChI=1S/C12H14ClN3O3S/c1-6(2)11-16(8(5-20-11)12(18)19)10(17)7-3-15-9(13)4-14-7/h3-4,6,8,11H,5H2,1-2H3,(H,18,19). The Morgan fingerprint density at radius 3 is 2.65 bits per heavy atom. The van der Waals surface area contributed by atoms with E-state index in [1.54, 1.807) is 0 Å². The van der Waals surface area contributed by atoms with Gasteiger partial charge in [-0.25, -0.2) is 14.8 Å². The topological polar surface area (TPSA) is 83.4 Å². The third-order valence-corrected chi connectivity index (χ3v) is 4.78. The fourth-order valence-corrected chi connectivity index (χ4v) is 3.61. The van der Waals surface area contributed by atoms with Crippen molar-refractivity contribution < 1.29 is 14.7 Å². The summed E-state index contributed by atoms with van der Waals surface area (Å²) in [6, 6.07) is -0.836. The lowest BCUT2D eigenvalue weighted by Crippen LogP contribution is -2.47. The molecule has 8 heteroatoms. The van der Waals surface area contributed by atoms with Gasteiger partial charge in [-0.15, -0.1) is 11.8 Å². The van der Waals surface area contributed by atoms with Crippen LogP contribution in [0.2, 0.25) is 5.15 Å². The van der Waals surface area contributed by atoms with Gasteiger partial charge in [-0.3, -0.25) is 4.79 Å². The Kier molecular flexibility index (Phi) is 4.49. The third kappa shape index (κ3) is 2.88. The molecule has 0 radical (unpaired) electrons. The van der Waals surface area contributed by atoms with Crippen LogP contribution in [0.25, 0.3) is 0 Å². The number of nitrogens with zero attached hydrogens (tertiary/aromatic N) is 3.